The Labute approximate surface area is 118 Å². The molecule has 1 aliphatic rings. The van der Waals surface area contributed by atoms with E-state index in [9.17, 15) is 8.42 Å². The maximum Gasteiger partial charge on any atom is 0.189 e. The van der Waals surface area contributed by atoms with E-state index in [4.69, 9.17) is 0 Å². The van der Waals surface area contributed by atoms with Gasteiger partial charge in [-0.2, -0.15) is 0 Å². The molecule has 5 nitrogen and oxygen atoms in total. The zero-order valence-corrected chi connectivity index (χ0v) is 12.7. The van der Waals surface area contributed by atoms with Crippen LogP contribution in [0.1, 0.15) is 13.3 Å². The Hall–Kier alpha value is -0.370. The number of nitrogens with one attached hydrogen (secondary N) is 1. The van der Waals surface area contributed by atoms with Crippen molar-refractivity contribution in [2.75, 3.05) is 36.8 Å². The van der Waals surface area contributed by atoms with E-state index in [1.54, 1.807) is 0 Å². The third kappa shape index (κ3) is 3.57. The number of piperazine rings is 1. The molecule has 18 heavy (non-hydrogen) atoms. The Morgan fingerprint density at radius 3 is 2.72 bits per heavy atom. The van der Waals surface area contributed by atoms with Crippen molar-refractivity contribution in [1.82, 2.24) is 10.3 Å². The topological polar surface area (TPSA) is 62.3 Å². The van der Waals surface area contributed by atoms with Crippen LogP contribution < -0.4 is 10.2 Å². The van der Waals surface area contributed by atoms with Gasteiger partial charge in [-0.1, -0.05) is 18.3 Å². The van der Waals surface area contributed by atoms with E-state index < -0.39 is 9.84 Å². The molecule has 0 atom stereocenters. The van der Waals surface area contributed by atoms with Gasteiger partial charge >= 0.3 is 0 Å². The van der Waals surface area contributed by atoms with E-state index in [0.717, 1.165) is 31.3 Å². The van der Waals surface area contributed by atoms with Crippen LogP contribution in [-0.4, -0.2) is 45.3 Å². The average Bonchev–Trinajstić information content (AvgIpc) is 2.80. The molecule has 0 unspecified atom stereocenters. The van der Waals surface area contributed by atoms with Crippen molar-refractivity contribution in [3.8, 4) is 0 Å². The van der Waals surface area contributed by atoms with Crippen LogP contribution in [0.15, 0.2) is 10.4 Å². The van der Waals surface area contributed by atoms with E-state index in [1.807, 2.05) is 6.92 Å². The van der Waals surface area contributed by atoms with Gasteiger partial charge in [-0.05, 0) is 6.42 Å². The predicted octanol–water partition coefficient (Wildman–Crippen LogP) is 1.16. The van der Waals surface area contributed by atoms with Gasteiger partial charge in [-0.25, -0.2) is 13.4 Å². The number of thiazole rings is 1. The Balaban J connectivity index is 0.00000162. The third-order valence-corrected chi connectivity index (χ3v) is 6.17. The van der Waals surface area contributed by atoms with E-state index >= 15 is 0 Å². The van der Waals surface area contributed by atoms with E-state index in [2.05, 4.69) is 15.2 Å². The minimum atomic E-state index is -3.11. The molecule has 1 N–H and O–H groups in total. The molecule has 0 bridgehead atoms. The summed E-state index contributed by atoms with van der Waals surface area (Å²) in [6.45, 7) is 5.50. The highest BCUT2D eigenvalue weighted by molar-refractivity contribution is 7.93. The summed E-state index contributed by atoms with van der Waals surface area (Å²) in [5, 5.41) is 4.08. The number of rotatable bonds is 4. The number of halogens is 1. The highest BCUT2D eigenvalue weighted by Gasteiger charge is 2.20. The first-order valence-electron chi connectivity index (χ1n) is 5.78. The summed E-state index contributed by atoms with van der Waals surface area (Å²) in [6.07, 6.45) is 2.14. The summed E-state index contributed by atoms with van der Waals surface area (Å²) in [6, 6.07) is 0. The van der Waals surface area contributed by atoms with Crippen LogP contribution in [-0.2, 0) is 9.84 Å². The molecule has 1 fully saturated rings. The number of hydrogen-bond acceptors (Lipinski definition) is 6. The van der Waals surface area contributed by atoms with Gasteiger partial charge in [0.25, 0.3) is 0 Å². The Morgan fingerprint density at radius 1 is 1.44 bits per heavy atom. The number of nitrogens with zero attached hydrogens (tertiary/aromatic N) is 2. The van der Waals surface area contributed by atoms with Crippen molar-refractivity contribution in [3.63, 3.8) is 0 Å². The van der Waals surface area contributed by atoms with E-state index in [-0.39, 0.29) is 18.2 Å². The summed E-state index contributed by atoms with van der Waals surface area (Å²) >= 11 is 1.29. The zero-order chi connectivity index (χ0) is 12.3. The average molecular weight is 312 g/mol. The van der Waals surface area contributed by atoms with Crippen LogP contribution in [0.2, 0.25) is 0 Å². The van der Waals surface area contributed by atoms with Gasteiger partial charge in [0.15, 0.2) is 15.0 Å². The zero-order valence-electron chi connectivity index (χ0n) is 10.3. The third-order valence-electron chi connectivity index (χ3n) is 2.64. The molecule has 1 aromatic rings. The van der Waals surface area contributed by atoms with E-state index in [0.29, 0.717) is 10.6 Å². The molecule has 0 saturated carbocycles. The van der Waals surface area contributed by atoms with Crippen molar-refractivity contribution in [1.29, 1.82) is 0 Å². The van der Waals surface area contributed by atoms with Gasteiger partial charge in [0.2, 0.25) is 0 Å². The van der Waals surface area contributed by atoms with Gasteiger partial charge in [0.05, 0.1) is 11.9 Å². The van der Waals surface area contributed by atoms with Crippen molar-refractivity contribution < 1.29 is 8.42 Å². The van der Waals surface area contributed by atoms with E-state index in [1.165, 1.54) is 17.5 Å². The minimum absolute atomic E-state index is 0. The van der Waals surface area contributed by atoms with Crippen LogP contribution in [0.4, 0.5) is 5.13 Å². The molecule has 0 aliphatic carbocycles. The van der Waals surface area contributed by atoms with Gasteiger partial charge in [0.1, 0.15) is 4.21 Å². The first-order valence-corrected chi connectivity index (χ1v) is 8.24. The maximum atomic E-state index is 11.9. The van der Waals surface area contributed by atoms with Gasteiger partial charge in [-0.15, -0.1) is 12.4 Å². The monoisotopic (exact) mass is 311 g/mol. The highest BCUT2D eigenvalue weighted by atomic mass is 35.5. The maximum absolute atomic E-state index is 11.9. The molecular formula is C10H18ClN3O2S2. The lowest BCUT2D eigenvalue weighted by atomic mass is 10.4. The summed E-state index contributed by atoms with van der Waals surface area (Å²) < 4.78 is 24.1. The molecule has 2 heterocycles. The molecule has 0 radical (unpaired) electrons. The Kier molecular flexibility index (Phi) is 5.84. The molecule has 1 aliphatic heterocycles. The summed E-state index contributed by atoms with van der Waals surface area (Å²) in [7, 11) is -3.11. The first kappa shape index (κ1) is 15.7. The molecule has 104 valence electrons. The number of sulfone groups is 1. The van der Waals surface area contributed by atoms with Crippen molar-refractivity contribution >= 4 is 38.7 Å². The standard InChI is InChI=1S/C10H17N3O2S2.ClH/c1-2-7-17(14,15)9-8-12-10(16-9)13-5-3-11-4-6-13;/h8,11H,2-7H2,1H3;1H. The molecule has 8 heteroatoms. The fraction of sp³-hybridized carbons (Fsp3) is 0.700. The quantitative estimate of drug-likeness (QED) is 0.904. The Bertz CT molecular complexity index is 469. The van der Waals surface area contributed by atoms with Crippen LogP contribution >= 0.6 is 23.7 Å². The molecule has 0 aromatic carbocycles. The van der Waals surface area contributed by atoms with Crippen LogP contribution in [0, 0.1) is 0 Å². The van der Waals surface area contributed by atoms with Gasteiger partial charge in [0, 0.05) is 26.2 Å². The molecule has 0 spiro atoms. The molecule has 1 saturated heterocycles. The Morgan fingerprint density at radius 2 is 2.11 bits per heavy atom. The fourth-order valence-corrected chi connectivity index (χ4v) is 4.40. The second-order valence-corrected chi connectivity index (χ2v) is 7.36. The summed E-state index contributed by atoms with van der Waals surface area (Å²) in [5.41, 5.74) is 0. The van der Waals surface area contributed by atoms with Gasteiger partial charge < -0.3 is 10.2 Å². The summed E-state index contributed by atoms with van der Waals surface area (Å²) in [4.78, 5) is 6.36. The van der Waals surface area contributed by atoms with Crippen LogP contribution in [0.25, 0.3) is 0 Å². The van der Waals surface area contributed by atoms with Crippen molar-refractivity contribution in [2.45, 2.75) is 17.6 Å². The number of aromatic nitrogens is 1. The largest absolute Gasteiger partial charge is 0.346 e. The van der Waals surface area contributed by atoms with Crippen molar-refractivity contribution in [2.24, 2.45) is 0 Å². The molecule has 0 amide bonds. The normalized spacial score (nSPS) is 16.4. The predicted molar refractivity (Wildman–Crippen MR) is 76.8 cm³/mol. The number of anilines is 1. The second kappa shape index (κ2) is 6.70. The van der Waals surface area contributed by atoms with Gasteiger partial charge in [-0.3, -0.25) is 0 Å². The smallest absolute Gasteiger partial charge is 0.189 e. The minimum Gasteiger partial charge on any atom is -0.346 e. The first-order chi connectivity index (χ1) is 8.13. The molecular weight excluding hydrogens is 294 g/mol. The summed E-state index contributed by atoms with van der Waals surface area (Å²) in [5.74, 6) is 0.205. The number of hydrogen-bond donors (Lipinski definition) is 1. The second-order valence-electron chi connectivity index (χ2n) is 4.02. The molecule has 2 rings (SSSR count). The molecule has 1 aromatic heterocycles. The van der Waals surface area contributed by atoms with Crippen LogP contribution in [0.5, 0.6) is 0 Å². The SMILES string of the molecule is CCCS(=O)(=O)c1cnc(N2CCNCC2)s1.Cl. The lowest BCUT2D eigenvalue weighted by Crippen LogP contribution is -2.43. The highest BCUT2D eigenvalue weighted by Crippen LogP contribution is 2.27. The fourth-order valence-electron chi connectivity index (χ4n) is 1.77. The lowest BCUT2D eigenvalue weighted by Gasteiger charge is -2.26. The lowest BCUT2D eigenvalue weighted by molar-refractivity contribution is 0.588. The van der Waals surface area contributed by atoms with Crippen LogP contribution in [0.3, 0.4) is 0 Å². The van der Waals surface area contributed by atoms with Crippen molar-refractivity contribution in [3.05, 3.63) is 6.20 Å².